The molecule has 8 nitrogen and oxygen atoms in total. The number of ether oxygens (including phenoxy) is 1. The van der Waals surface area contributed by atoms with Gasteiger partial charge in [-0.25, -0.2) is 0 Å². The van der Waals surface area contributed by atoms with Crippen molar-refractivity contribution in [1.29, 1.82) is 0 Å². The standard InChI is InChI=1S/C21H23NO6.CH4O/c23-19(15-28-18-9-6-16(7-10-18)8-11-20(24)25)22(13-12-21(26)27)14-17-4-2-1-3-5-17;1-2/h1-7,9-10H,8,11-15H2,(H,24,25)(H,26,27);2H,1H3. The first kappa shape index (κ1) is 24.6. The van der Waals surface area contributed by atoms with Crippen LogP contribution >= 0.6 is 0 Å². The molecule has 30 heavy (non-hydrogen) atoms. The van der Waals surface area contributed by atoms with Gasteiger partial charge in [-0.2, -0.15) is 0 Å². The Bertz CT molecular complexity index is 791. The van der Waals surface area contributed by atoms with E-state index in [1.165, 1.54) is 4.90 Å². The molecule has 0 bridgehead atoms. The van der Waals surface area contributed by atoms with Crippen molar-refractivity contribution in [3.8, 4) is 5.75 Å². The van der Waals surface area contributed by atoms with Gasteiger partial charge in [0.15, 0.2) is 6.61 Å². The fourth-order valence-corrected chi connectivity index (χ4v) is 2.57. The molecule has 1 amide bonds. The lowest BCUT2D eigenvalue weighted by atomic mass is 10.1. The van der Waals surface area contributed by atoms with E-state index in [0.717, 1.165) is 18.2 Å². The number of hydrogen-bond acceptors (Lipinski definition) is 5. The normalized spacial score (nSPS) is 9.80. The highest BCUT2D eigenvalue weighted by molar-refractivity contribution is 5.78. The fourth-order valence-electron chi connectivity index (χ4n) is 2.57. The van der Waals surface area contributed by atoms with E-state index in [9.17, 15) is 14.4 Å². The molecule has 0 fully saturated rings. The molecule has 0 saturated heterocycles. The number of aliphatic hydroxyl groups excluding tert-OH is 1. The van der Waals surface area contributed by atoms with Crippen LogP contribution in [0, 0.1) is 0 Å². The summed E-state index contributed by atoms with van der Waals surface area (Å²) < 4.78 is 5.52. The number of nitrogens with zero attached hydrogens (tertiary/aromatic N) is 1. The smallest absolute Gasteiger partial charge is 0.305 e. The Kier molecular flexibility index (Phi) is 11.3. The van der Waals surface area contributed by atoms with E-state index >= 15 is 0 Å². The van der Waals surface area contributed by atoms with Crippen LogP contribution in [0.15, 0.2) is 54.6 Å². The van der Waals surface area contributed by atoms with Crippen molar-refractivity contribution in [2.45, 2.75) is 25.8 Å². The Morgan fingerprint density at radius 1 is 0.833 bits per heavy atom. The molecular formula is C22H27NO7. The summed E-state index contributed by atoms with van der Waals surface area (Å²) in [5, 5.41) is 24.6. The van der Waals surface area contributed by atoms with Gasteiger partial charge in [-0.3, -0.25) is 14.4 Å². The Morgan fingerprint density at radius 3 is 2.00 bits per heavy atom. The van der Waals surface area contributed by atoms with E-state index in [2.05, 4.69) is 0 Å². The zero-order chi connectivity index (χ0) is 22.4. The van der Waals surface area contributed by atoms with Crippen molar-refractivity contribution >= 4 is 17.8 Å². The quantitative estimate of drug-likeness (QED) is 0.512. The maximum absolute atomic E-state index is 12.5. The van der Waals surface area contributed by atoms with Gasteiger partial charge < -0.3 is 25.0 Å². The highest BCUT2D eigenvalue weighted by Gasteiger charge is 2.16. The largest absolute Gasteiger partial charge is 0.484 e. The molecule has 0 aliphatic rings. The third-order valence-corrected chi connectivity index (χ3v) is 4.08. The monoisotopic (exact) mass is 417 g/mol. The highest BCUT2D eigenvalue weighted by atomic mass is 16.5. The molecule has 3 N–H and O–H groups in total. The molecule has 0 atom stereocenters. The molecule has 162 valence electrons. The van der Waals surface area contributed by atoms with Gasteiger partial charge in [0.1, 0.15) is 5.75 Å². The third-order valence-electron chi connectivity index (χ3n) is 4.08. The van der Waals surface area contributed by atoms with E-state index in [4.69, 9.17) is 20.1 Å². The number of carboxylic acid groups (broad SMARTS) is 2. The number of carbonyl (C=O) groups is 3. The number of rotatable bonds is 11. The number of carbonyl (C=O) groups excluding carboxylic acids is 1. The molecule has 0 spiro atoms. The first-order chi connectivity index (χ1) is 14.4. The summed E-state index contributed by atoms with van der Waals surface area (Å²) in [5.41, 5.74) is 1.78. The van der Waals surface area contributed by atoms with Gasteiger partial charge in [0.2, 0.25) is 0 Å². The first-order valence-corrected chi connectivity index (χ1v) is 9.36. The maximum Gasteiger partial charge on any atom is 0.305 e. The summed E-state index contributed by atoms with van der Waals surface area (Å²) in [6, 6.07) is 16.2. The minimum atomic E-state index is -0.969. The van der Waals surface area contributed by atoms with Gasteiger partial charge in [0, 0.05) is 26.6 Å². The van der Waals surface area contributed by atoms with Gasteiger partial charge in [-0.1, -0.05) is 42.5 Å². The molecule has 0 aliphatic carbocycles. The molecule has 0 heterocycles. The molecule has 0 unspecified atom stereocenters. The van der Waals surface area contributed by atoms with Crippen LogP contribution in [0.3, 0.4) is 0 Å². The number of aliphatic hydroxyl groups is 1. The number of hydrogen-bond donors (Lipinski definition) is 3. The molecule has 0 aliphatic heterocycles. The van der Waals surface area contributed by atoms with Crippen LogP contribution in [0.1, 0.15) is 24.0 Å². The summed E-state index contributed by atoms with van der Waals surface area (Å²) in [7, 11) is 1.00. The van der Waals surface area contributed by atoms with E-state index in [-0.39, 0.29) is 31.9 Å². The van der Waals surface area contributed by atoms with E-state index in [0.29, 0.717) is 18.7 Å². The number of benzene rings is 2. The number of amides is 1. The van der Waals surface area contributed by atoms with Crippen molar-refractivity contribution in [2.75, 3.05) is 20.3 Å². The minimum Gasteiger partial charge on any atom is -0.484 e. The number of carboxylic acids is 2. The van der Waals surface area contributed by atoms with Crippen LogP contribution in [0.5, 0.6) is 5.75 Å². The van der Waals surface area contributed by atoms with Crippen LogP contribution in [-0.4, -0.2) is 58.3 Å². The maximum atomic E-state index is 12.5. The number of aliphatic carboxylic acids is 2. The Hall–Kier alpha value is -3.39. The van der Waals surface area contributed by atoms with Crippen LogP contribution < -0.4 is 4.74 Å². The topological polar surface area (TPSA) is 124 Å². The van der Waals surface area contributed by atoms with Crippen molar-refractivity contribution in [2.24, 2.45) is 0 Å². The second-order valence-electron chi connectivity index (χ2n) is 6.27. The number of aryl methyl sites for hydroxylation is 1. The Morgan fingerprint density at radius 2 is 1.43 bits per heavy atom. The summed E-state index contributed by atoms with van der Waals surface area (Å²) in [5.74, 6) is -1.64. The fraction of sp³-hybridized carbons (Fsp3) is 0.318. The second-order valence-corrected chi connectivity index (χ2v) is 6.27. The van der Waals surface area contributed by atoms with Crippen LogP contribution in [-0.2, 0) is 27.3 Å². The second kappa shape index (κ2) is 13.7. The van der Waals surface area contributed by atoms with Gasteiger partial charge in [-0.15, -0.1) is 0 Å². The molecule has 2 aromatic carbocycles. The lowest BCUT2D eigenvalue weighted by Gasteiger charge is -2.22. The van der Waals surface area contributed by atoms with Crippen molar-refractivity contribution in [1.82, 2.24) is 4.90 Å². The van der Waals surface area contributed by atoms with Crippen LogP contribution in [0.25, 0.3) is 0 Å². The average Bonchev–Trinajstić information content (AvgIpc) is 2.76. The predicted molar refractivity (Wildman–Crippen MR) is 110 cm³/mol. The summed E-state index contributed by atoms with van der Waals surface area (Å²) in [6.07, 6.45) is 0.335. The molecule has 2 aromatic rings. The average molecular weight is 417 g/mol. The van der Waals surface area contributed by atoms with Gasteiger partial charge in [0.05, 0.1) is 6.42 Å². The van der Waals surface area contributed by atoms with Crippen molar-refractivity contribution < 1.29 is 34.4 Å². The van der Waals surface area contributed by atoms with Crippen LogP contribution in [0.4, 0.5) is 0 Å². The zero-order valence-corrected chi connectivity index (χ0v) is 16.9. The molecule has 0 saturated carbocycles. The van der Waals surface area contributed by atoms with Crippen molar-refractivity contribution in [3.05, 3.63) is 65.7 Å². The van der Waals surface area contributed by atoms with Gasteiger partial charge in [-0.05, 0) is 29.7 Å². The lowest BCUT2D eigenvalue weighted by molar-refractivity contribution is -0.140. The summed E-state index contributed by atoms with van der Waals surface area (Å²) in [6.45, 7) is 0.200. The molecule has 0 aromatic heterocycles. The van der Waals surface area contributed by atoms with E-state index < -0.39 is 11.9 Å². The van der Waals surface area contributed by atoms with E-state index in [1.807, 2.05) is 30.3 Å². The van der Waals surface area contributed by atoms with Crippen LogP contribution in [0.2, 0.25) is 0 Å². The molecule has 0 radical (unpaired) electrons. The third kappa shape index (κ3) is 9.70. The Labute approximate surface area is 175 Å². The first-order valence-electron chi connectivity index (χ1n) is 9.36. The molecular weight excluding hydrogens is 390 g/mol. The lowest BCUT2D eigenvalue weighted by Crippen LogP contribution is -2.36. The highest BCUT2D eigenvalue weighted by Crippen LogP contribution is 2.14. The Balaban J connectivity index is 0.00000218. The predicted octanol–water partition coefficient (Wildman–Crippen LogP) is 2.19. The van der Waals surface area contributed by atoms with E-state index in [1.54, 1.807) is 24.3 Å². The molecule has 8 heteroatoms. The summed E-state index contributed by atoms with van der Waals surface area (Å²) >= 11 is 0. The van der Waals surface area contributed by atoms with Gasteiger partial charge >= 0.3 is 11.9 Å². The minimum absolute atomic E-state index is 0.0523. The van der Waals surface area contributed by atoms with Gasteiger partial charge in [0.25, 0.3) is 5.91 Å². The SMILES string of the molecule is CO.O=C(O)CCc1ccc(OCC(=O)N(CCC(=O)O)Cc2ccccc2)cc1. The molecule has 2 rings (SSSR count). The van der Waals surface area contributed by atoms with Crippen molar-refractivity contribution in [3.63, 3.8) is 0 Å². The summed E-state index contributed by atoms with van der Waals surface area (Å²) in [4.78, 5) is 35.5. The zero-order valence-electron chi connectivity index (χ0n) is 16.9.